The van der Waals surface area contributed by atoms with Gasteiger partial charge in [-0.1, -0.05) is 26.7 Å². The summed E-state index contributed by atoms with van der Waals surface area (Å²) in [6, 6.07) is 0. The lowest BCUT2D eigenvalue weighted by Crippen LogP contribution is -2.02. The van der Waals surface area contributed by atoms with Crippen LogP contribution in [0.4, 0.5) is 17.3 Å². The predicted molar refractivity (Wildman–Crippen MR) is 36.4 cm³/mol. The molecule has 0 aliphatic carbocycles. The molecule has 0 bridgehead atoms. The fourth-order valence-corrected chi connectivity index (χ4v) is 0. The summed E-state index contributed by atoms with van der Waals surface area (Å²) in [7, 11) is -6.00. The van der Waals surface area contributed by atoms with Crippen molar-refractivity contribution in [2.45, 2.75) is 19.8 Å². The van der Waals surface area contributed by atoms with Crippen molar-refractivity contribution in [3.63, 3.8) is 0 Å². The molecule has 0 heterocycles. The first-order chi connectivity index (χ1) is 3.91. The van der Waals surface area contributed by atoms with E-state index in [1.807, 2.05) is 0 Å². The molecular formula is C4H13BF4N. The van der Waals surface area contributed by atoms with Gasteiger partial charge >= 0.3 is 7.25 Å². The highest BCUT2D eigenvalue weighted by Gasteiger charge is 2.20. The maximum atomic E-state index is 9.75. The Morgan fingerprint density at radius 2 is 1.30 bits per heavy atom. The molecule has 0 saturated carbocycles. The Labute approximate surface area is 58.5 Å². The zero-order valence-electron chi connectivity index (χ0n) is 6.21. The number of hydrogen-bond acceptors (Lipinski definition) is 0. The van der Waals surface area contributed by atoms with Crippen LogP contribution in [-0.4, -0.2) is 7.25 Å². The molecule has 0 spiro atoms. The first-order valence-electron chi connectivity index (χ1n) is 2.58. The van der Waals surface area contributed by atoms with Gasteiger partial charge in [0.05, 0.1) is 0 Å². The molecule has 0 aromatic rings. The van der Waals surface area contributed by atoms with E-state index >= 15 is 0 Å². The van der Waals surface area contributed by atoms with Crippen molar-refractivity contribution < 1.29 is 17.3 Å². The predicted octanol–water partition coefficient (Wildman–Crippen LogP) is 3.30. The van der Waals surface area contributed by atoms with Crippen molar-refractivity contribution >= 4 is 7.25 Å². The smallest absolute Gasteiger partial charge is 0.418 e. The highest BCUT2D eigenvalue weighted by molar-refractivity contribution is 6.50. The minimum absolute atomic E-state index is 0. The van der Waals surface area contributed by atoms with Crippen LogP contribution in [0.1, 0.15) is 19.8 Å². The van der Waals surface area contributed by atoms with Gasteiger partial charge in [0.1, 0.15) is 0 Å². The third kappa shape index (κ3) is 635. The van der Waals surface area contributed by atoms with E-state index in [0.29, 0.717) is 0 Å². The van der Waals surface area contributed by atoms with Crippen LogP contribution in [0.15, 0.2) is 0 Å². The first kappa shape index (κ1) is 16.4. The zero-order chi connectivity index (χ0) is 7.91. The molecule has 1 radical (unpaired) electrons. The molecule has 10 heavy (non-hydrogen) atoms. The normalized spacial score (nSPS) is 9.00. The van der Waals surface area contributed by atoms with E-state index in [0.717, 1.165) is 6.42 Å². The van der Waals surface area contributed by atoms with Gasteiger partial charge in [0.2, 0.25) is 0 Å². The van der Waals surface area contributed by atoms with Crippen molar-refractivity contribution in [3.05, 3.63) is 6.92 Å². The fourth-order valence-electron chi connectivity index (χ4n) is 0. The first-order valence-corrected chi connectivity index (χ1v) is 2.58. The molecule has 4 N–H and O–H groups in total. The Kier molecular flexibility index (Phi) is 14.3. The SMILES string of the molecule is F[B-](F)(F)F.[CH2]CCC.[NH4+]. The van der Waals surface area contributed by atoms with E-state index in [1.54, 1.807) is 0 Å². The van der Waals surface area contributed by atoms with Crippen molar-refractivity contribution in [2.24, 2.45) is 0 Å². The summed E-state index contributed by atoms with van der Waals surface area (Å²) in [6.45, 7) is 5.72. The molecule has 0 rings (SSSR count). The van der Waals surface area contributed by atoms with E-state index < -0.39 is 7.25 Å². The Balaban J connectivity index is -0.0000000910. The molecule has 0 aliphatic heterocycles. The quantitative estimate of drug-likeness (QED) is 0.453. The van der Waals surface area contributed by atoms with Gasteiger partial charge in [-0.2, -0.15) is 0 Å². The topological polar surface area (TPSA) is 36.5 Å². The van der Waals surface area contributed by atoms with Crippen LogP contribution in [0.2, 0.25) is 0 Å². The minimum atomic E-state index is -6.00. The van der Waals surface area contributed by atoms with Crippen molar-refractivity contribution in [3.8, 4) is 0 Å². The van der Waals surface area contributed by atoms with Crippen LogP contribution < -0.4 is 6.15 Å². The summed E-state index contributed by atoms with van der Waals surface area (Å²) in [5, 5.41) is 0. The van der Waals surface area contributed by atoms with Crippen LogP contribution in [0, 0.1) is 6.92 Å². The van der Waals surface area contributed by atoms with Crippen molar-refractivity contribution in [2.75, 3.05) is 0 Å². The minimum Gasteiger partial charge on any atom is -0.418 e. The Morgan fingerprint density at radius 1 is 1.20 bits per heavy atom. The van der Waals surface area contributed by atoms with Gasteiger partial charge in [0.15, 0.2) is 0 Å². The van der Waals surface area contributed by atoms with E-state index in [2.05, 4.69) is 13.8 Å². The third-order valence-electron chi connectivity index (χ3n) is 0.354. The van der Waals surface area contributed by atoms with Gasteiger partial charge in [0.25, 0.3) is 0 Å². The molecule has 0 aromatic carbocycles. The van der Waals surface area contributed by atoms with Crippen molar-refractivity contribution in [1.82, 2.24) is 6.15 Å². The average molecular weight is 162 g/mol. The average Bonchev–Trinajstić information content (AvgIpc) is 1.61. The van der Waals surface area contributed by atoms with Gasteiger partial charge in [0, 0.05) is 0 Å². The summed E-state index contributed by atoms with van der Waals surface area (Å²) >= 11 is 0. The molecule has 0 aromatic heterocycles. The van der Waals surface area contributed by atoms with Crippen LogP contribution in [0.5, 0.6) is 0 Å². The summed E-state index contributed by atoms with van der Waals surface area (Å²) < 4.78 is 39.0. The number of rotatable bonds is 1. The molecule has 0 amide bonds. The van der Waals surface area contributed by atoms with Gasteiger partial charge in [-0.15, -0.1) is 0 Å². The van der Waals surface area contributed by atoms with E-state index in [9.17, 15) is 17.3 Å². The van der Waals surface area contributed by atoms with Crippen molar-refractivity contribution in [1.29, 1.82) is 0 Å². The number of quaternary nitrogens is 1. The third-order valence-corrected chi connectivity index (χ3v) is 0.354. The molecule has 0 atom stereocenters. The highest BCUT2D eigenvalue weighted by atomic mass is 19.5. The number of unbranched alkanes of at least 4 members (excludes halogenated alkanes) is 1. The summed E-state index contributed by atoms with van der Waals surface area (Å²) in [5.41, 5.74) is 0. The number of hydrogen-bond donors (Lipinski definition) is 1. The zero-order valence-corrected chi connectivity index (χ0v) is 6.21. The van der Waals surface area contributed by atoms with Gasteiger partial charge in [-0.3, -0.25) is 0 Å². The largest absolute Gasteiger partial charge is 0.673 e. The van der Waals surface area contributed by atoms with Gasteiger partial charge in [-0.25, -0.2) is 0 Å². The van der Waals surface area contributed by atoms with Crippen LogP contribution in [0.3, 0.4) is 0 Å². The fraction of sp³-hybridized carbons (Fsp3) is 0.750. The summed E-state index contributed by atoms with van der Waals surface area (Å²) in [5.74, 6) is 0. The second kappa shape index (κ2) is 8.74. The lowest BCUT2D eigenvalue weighted by molar-refractivity contribution is 0.368. The Bertz CT molecular complexity index is 47.7. The second-order valence-electron chi connectivity index (χ2n) is 1.35. The molecule has 0 aliphatic rings. The standard InChI is InChI=1S/C4H9.BF4.H3N/c1-3-4-2;2-1(3,4)5;/h1,3-4H2,2H3;;1H3/q;-1;/p+1. The molecule has 0 saturated heterocycles. The lowest BCUT2D eigenvalue weighted by Gasteiger charge is -1.94. The summed E-state index contributed by atoms with van der Waals surface area (Å²) in [4.78, 5) is 0. The van der Waals surface area contributed by atoms with Crippen LogP contribution >= 0.6 is 0 Å². The molecule has 1 nitrogen and oxygen atoms in total. The summed E-state index contributed by atoms with van der Waals surface area (Å²) in [6.07, 6.45) is 2.28. The molecule has 6 heteroatoms. The molecule has 0 unspecified atom stereocenters. The maximum Gasteiger partial charge on any atom is 0.673 e. The second-order valence-corrected chi connectivity index (χ2v) is 1.35. The van der Waals surface area contributed by atoms with Crippen LogP contribution in [-0.2, 0) is 0 Å². The highest BCUT2D eigenvalue weighted by Crippen LogP contribution is 2.06. The van der Waals surface area contributed by atoms with E-state index in [-0.39, 0.29) is 6.15 Å². The lowest BCUT2D eigenvalue weighted by atomic mass is 10.3. The van der Waals surface area contributed by atoms with E-state index in [4.69, 9.17) is 0 Å². The molecular weight excluding hydrogens is 149 g/mol. The van der Waals surface area contributed by atoms with Gasteiger partial charge in [-0.05, 0) is 0 Å². The van der Waals surface area contributed by atoms with E-state index in [1.165, 1.54) is 6.42 Å². The Morgan fingerprint density at radius 3 is 1.30 bits per heavy atom. The number of halogens is 4. The maximum absolute atomic E-state index is 9.75. The van der Waals surface area contributed by atoms with Crippen LogP contribution in [0.25, 0.3) is 0 Å². The Hall–Kier alpha value is -0.255. The van der Waals surface area contributed by atoms with Gasteiger partial charge < -0.3 is 23.4 Å². The molecule has 65 valence electrons. The monoisotopic (exact) mass is 162 g/mol. The molecule has 0 fully saturated rings.